The third kappa shape index (κ3) is 9.24. The van der Waals surface area contributed by atoms with Crippen molar-refractivity contribution in [3.8, 4) is 0 Å². The zero-order valence-electron chi connectivity index (χ0n) is 26.9. The number of anilines is 1. The molecule has 2 aromatic carbocycles. The molecule has 0 aliphatic heterocycles. The topological polar surface area (TPSA) is 105 Å². The van der Waals surface area contributed by atoms with Gasteiger partial charge in [0.15, 0.2) is 5.82 Å². The Labute approximate surface area is 277 Å². The Morgan fingerprint density at radius 1 is 0.979 bits per heavy atom. The standard InChI is InChI=1S/C18H26ClN3.C16H14F3N5O/c1-4-22(5-2)12-6-7-14(3)21-17-10-11-20-18-13-15(19)8-9-16(17)18;1-10(15-14(19)5-20-7-22-15)16(25,6-24-9-21-8-23-24)12-3-2-11(17)4-13(12)18/h8-11,13-14H,4-7,12H2,1-3H3,(H,20,21);2-5,7-10,25H,6H2,1H3/t;10-,16+/m.0/s1. The van der Waals surface area contributed by atoms with Gasteiger partial charge in [-0.25, -0.2) is 32.8 Å². The van der Waals surface area contributed by atoms with E-state index in [0.717, 1.165) is 65.8 Å². The number of aliphatic hydroxyl groups is 1. The van der Waals surface area contributed by atoms with E-state index >= 15 is 0 Å². The summed E-state index contributed by atoms with van der Waals surface area (Å²) in [6.45, 7) is 11.4. The van der Waals surface area contributed by atoms with Gasteiger partial charge in [0.2, 0.25) is 0 Å². The fourth-order valence-corrected chi connectivity index (χ4v) is 5.64. The Morgan fingerprint density at radius 2 is 1.77 bits per heavy atom. The highest BCUT2D eigenvalue weighted by atomic mass is 35.5. The number of hydrogen-bond donors (Lipinski definition) is 2. The van der Waals surface area contributed by atoms with Gasteiger partial charge in [-0.05, 0) is 69.7 Å². The van der Waals surface area contributed by atoms with Crippen LogP contribution in [-0.2, 0) is 12.1 Å². The van der Waals surface area contributed by atoms with Crippen LogP contribution in [0.15, 0.2) is 73.8 Å². The summed E-state index contributed by atoms with van der Waals surface area (Å²) in [6.07, 6.45) is 8.87. The van der Waals surface area contributed by atoms with Crippen LogP contribution in [0.5, 0.6) is 0 Å². The second kappa shape index (κ2) is 16.6. The Hall–Kier alpha value is -4.13. The minimum atomic E-state index is -1.96. The number of nitrogens with one attached hydrogen (secondary N) is 1. The van der Waals surface area contributed by atoms with E-state index < -0.39 is 29.0 Å². The van der Waals surface area contributed by atoms with Crippen molar-refractivity contribution in [1.29, 1.82) is 0 Å². The van der Waals surface area contributed by atoms with Crippen molar-refractivity contribution < 1.29 is 18.3 Å². The van der Waals surface area contributed by atoms with E-state index in [2.05, 4.69) is 56.0 Å². The van der Waals surface area contributed by atoms with Gasteiger partial charge in [0.25, 0.3) is 0 Å². The molecule has 0 radical (unpaired) electrons. The van der Waals surface area contributed by atoms with Crippen LogP contribution in [-0.4, -0.2) is 65.4 Å². The van der Waals surface area contributed by atoms with Gasteiger partial charge < -0.3 is 15.3 Å². The highest BCUT2D eigenvalue weighted by Crippen LogP contribution is 2.39. The smallest absolute Gasteiger partial charge is 0.163 e. The zero-order chi connectivity index (χ0) is 34.0. The molecule has 0 saturated heterocycles. The van der Waals surface area contributed by atoms with E-state index in [0.29, 0.717) is 12.1 Å². The summed E-state index contributed by atoms with van der Waals surface area (Å²) in [5.74, 6) is -3.47. The number of hydrogen-bond acceptors (Lipinski definition) is 8. The lowest BCUT2D eigenvalue weighted by molar-refractivity contribution is -0.0133. The largest absolute Gasteiger partial charge is 0.382 e. The molecule has 0 fully saturated rings. The van der Waals surface area contributed by atoms with E-state index in [9.17, 15) is 18.3 Å². The van der Waals surface area contributed by atoms with Crippen molar-refractivity contribution in [3.05, 3.63) is 108 Å². The summed E-state index contributed by atoms with van der Waals surface area (Å²) < 4.78 is 43.0. The Morgan fingerprint density at radius 3 is 2.45 bits per heavy atom. The Bertz CT molecular complexity index is 1720. The summed E-state index contributed by atoms with van der Waals surface area (Å²) in [7, 11) is 0. The molecule has 2 N–H and O–H groups in total. The monoisotopic (exact) mass is 668 g/mol. The molecule has 250 valence electrons. The molecule has 0 saturated carbocycles. The molecule has 47 heavy (non-hydrogen) atoms. The number of rotatable bonds is 13. The number of fused-ring (bicyclic) bond motifs is 1. The molecular weight excluding hydrogens is 629 g/mol. The highest BCUT2D eigenvalue weighted by molar-refractivity contribution is 6.31. The molecule has 9 nitrogen and oxygen atoms in total. The van der Waals surface area contributed by atoms with Crippen molar-refractivity contribution >= 4 is 28.2 Å². The van der Waals surface area contributed by atoms with Crippen LogP contribution < -0.4 is 5.32 Å². The van der Waals surface area contributed by atoms with Crippen LogP contribution in [0.1, 0.15) is 57.7 Å². The first-order valence-corrected chi connectivity index (χ1v) is 15.9. The maximum Gasteiger partial charge on any atom is 0.163 e. The molecule has 0 aliphatic rings. The molecule has 5 rings (SSSR count). The van der Waals surface area contributed by atoms with Crippen LogP contribution >= 0.6 is 11.6 Å². The molecule has 3 atom stereocenters. The van der Waals surface area contributed by atoms with E-state index in [1.807, 2.05) is 30.5 Å². The minimum Gasteiger partial charge on any atom is -0.382 e. The van der Waals surface area contributed by atoms with Gasteiger partial charge >= 0.3 is 0 Å². The molecule has 0 aliphatic carbocycles. The van der Waals surface area contributed by atoms with Crippen LogP contribution in [0.25, 0.3) is 10.9 Å². The maximum absolute atomic E-state index is 14.4. The molecule has 0 spiro atoms. The number of pyridine rings is 1. The zero-order valence-corrected chi connectivity index (χ0v) is 27.7. The lowest BCUT2D eigenvalue weighted by Crippen LogP contribution is -2.39. The van der Waals surface area contributed by atoms with Gasteiger partial charge in [0, 0.05) is 45.9 Å². The van der Waals surface area contributed by atoms with Gasteiger partial charge in [-0.15, -0.1) is 0 Å². The van der Waals surface area contributed by atoms with Crippen molar-refractivity contribution in [2.75, 3.05) is 25.0 Å². The Kier molecular flexibility index (Phi) is 12.6. The summed E-state index contributed by atoms with van der Waals surface area (Å²) in [5.41, 5.74) is -0.179. The predicted octanol–water partition coefficient (Wildman–Crippen LogP) is 6.99. The number of halogens is 4. The summed E-state index contributed by atoms with van der Waals surface area (Å²) in [5, 5.41) is 20.7. The molecule has 1 unspecified atom stereocenters. The number of benzene rings is 2. The molecule has 0 amide bonds. The van der Waals surface area contributed by atoms with Gasteiger partial charge in [-0.3, -0.25) is 4.98 Å². The summed E-state index contributed by atoms with van der Waals surface area (Å²) in [6, 6.07) is 11.1. The normalized spacial score (nSPS) is 13.9. The molecule has 3 aromatic heterocycles. The average Bonchev–Trinajstić information content (AvgIpc) is 3.56. The quantitative estimate of drug-likeness (QED) is 0.138. The molecular formula is C34H40ClF3N8O. The van der Waals surface area contributed by atoms with Crippen molar-refractivity contribution in [1.82, 2.24) is 34.6 Å². The highest BCUT2D eigenvalue weighted by Gasteiger charge is 2.41. The fraction of sp³-hybridized carbons (Fsp3) is 0.382. The van der Waals surface area contributed by atoms with Crippen LogP contribution in [0.4, 0.5) is 18.9 Å². The minimum absolute atomic E-state index is 0.0960. The van der Waals surface area contributed by atoms with Gasteiger partial charge in [0.05, 0.1) is 24.0 Å². The molecule has 5 aromatic rings. The lowest BCUT2D eigenvalue weighted by Gasteiger charge is -2.34. The van der Waals surface area contributed by atoms with Crippen molar-refractivity contribution in [2.45, 2.75) is 64.6 Å². The van der Waals surface area contributed by atoms with Crippen molar-refractivity contribution in [3.63, 3.8) is 0 Å². The van der Waals surface area contributed by atoms with Crippen LogP contribution in [0.3, 0.4) is 0 Å². The number of aromatic nitrogens is 6. The number of nitrogens with zero attached hydrogens (tertiary/aromatic N) is 7. The van der Waals surface area contributed by atoms with E-state index in [1.54, 1.807) is 0 Å². The maximum atomic E-state index is 14.4. The van der Waals surface area contributed by atoms with Crippen LogP contribution in [0, 0.1) is 17.5 Å². The second-order valence-electron chi connectivity index (χ2n) is 11.4. The van der Waals surface area contributed by atoms with E-state index in [4.69, 9.17) is 11.6 Å². The molecule has 13 heteroatoms. The fourth-order valence-electron chi connectivity index (χ4n) is 5.47. The Balaban J connectivity index is 0.000000215. The summed E-state index contributed by atoms with van der Waals surface area (Å²) in [4.78, 5) is 18.1. The predicted molar refractivity (Wildman–Crippen MR) is 178 cm³/mol. The SMILES string of the molecule is CCN(CC)CCCC(C)Nc1ccnc2cc(Cl)ccc12.C[C@@H](c1ncncc1F)[C@](O)(Cn1cncn1)c1ccc(F)cc1F. The van der Waals surface area contributed by atoms with E-state index in [1.165, 1.54) is 37.2 Å². The van der Waals surface area contributed by atoms with Gasteiger partial charge in [-0.1, -0.05) is 38.4 Å². The second-order valence-corrected chi connectivity index (χ2v) is 11.8. The van der Waals surface area contributed by atoms with Gasteiger partial charge in [0.1, 0.15) is 36.2 Å². The van der Waals surface area contributed by atoms with Crippen molar-refractivity contribution in [2.24, 2.45) is 0 Å². The first kappa shape index (κ1) is 35.7. The first-order valence-electron chi connectivity index (χ1n) is 15.5. The molecule has 0 bridgehead atoms. The van der Waals surface area contributed by atoms with Gasteiger partial charge in [-0.2, -0.15) is 5.10 Å². The molecule has 3 heterocycles. The third-order valence-corrected chi connectivity index (χ3v) is 8.44. The summed E-state index contributed by atoms with van der Waals surface area (Å²) >= 11 is 6.04. The first-order chi connectivity index (χ1) is 22.5. The lowest BCUT2D eigenvalue weighted by atomic mass is 9.79. The van der Waals surface area contributed by atoms with Crippen LogP contribution in [0.2, 0.25) is 5.02 Å². The average molecular weight is 669 g/mol. The third-order valence-electron chi connectivity index (χ3n) is 8.20. The van der Waals surface area contributed by atoms with E-state index in [-0.39, 0.29) is 17.8 Å².